The molecule has 4 aromatic rings. The smallest absolute Gasteiger partial charge is 0.258 e. The molecular weight excluding hydrogens is 509 g/mol. The van der Waals surface area contributed by atoms with Crippen LogP contribution >= 0.6 is 34.2 Å². The molecule has 3 aromatic heterocycles. The Kier molecular flexibility index (Phi) is 5.51. The molecule has 0 atom stereocenters. The molecule has 0 radical (unpaired) electrons. The first-order valence-electron chi connectivity index (χ1n) is 10.0. The number of fused-ring (bicyclic) bond motifs is 2. The van der Waals surface area contributed by atoms with Gasteiger partial charge in [-0.3, -0.25) is 12.9 Å². The Hall–Kier alpha value is -2.33. The number of amides is 1. The van der Waals surface area contributed by atoms with Crippen LogP contribution in [0.4, 0.5) is 11.6 Å². The number of para-hydroxylation sites is 1. The molecule has 0 saturated heterocycles. The van der Waals surface area contributed by atoms with E-state index in [0.29, 0.717) is 28.8 Å². The average molecular weight is 529 g/mol. The molecule has 1 aliphatic rings. The van der Waals surface area contributed by atoms with Gasteiger partial charge in [0.2, 0.25) is 5.95 Å². The summed E-state index contributed by atoms with van der Waals surface area (Å²) in [5.74, 6) is 0.496. The lowest BCUT2D eigenvalue weighted by Crippen LogP contribution is -2.29. The predicted octanol–water partition coefficient (Wildman–Crippen LogP) is 5.98. The van der Waals surface area contributed by atoms with Gasteiger partial charge in [0.05, 0.1) is 56.0 Å². The molecule has 1 fully saturated rings. The van der Waals surface area contributed by atoms with Gasteiger partial charge in [-0.2, -0.15) is 0 Å². The molecule has 1 saturated carbocycles. The van der Waals surface area contributed by atoms with Crippen LogP contribution in [0.2, 0.25) is 0 Å². The number of thiophene rings is 1. The van der Waals surface area contributed by atoms with E-state index in [1.807, 2.05) is 41.9 Å². The molecule has 0 bridgehead atoms. The molecule has 6 nitrogen and oxygen atoms in total. The Balaban J connectivity index is 1.45. The Morgan fingerprint density at radius 3 is 2.80 bits per heavy atom. The fourth-order valence-electron chi connectivity index (χ4n) is 3.95. The van der Waals surface area contributed by atoms with Gasteiger partial charge in [-0.05, 0) is 25.0 Å². The molecule has 30 heavy (non-hydrogen) atoms. The van der Waals surface area contributed by atoms with Crippen molar-refractivity contribution in [2.24, 2.45) is 0 Å². The minimum atomic E-state index is -0.179. The van der Waals surface area contributed by atoms with Crippen LogP contribution in [-0.4, -0.2) is 26.9 Å². The average Bonchev–Trinajstić information content (AvgIpc) is 3.23. The molecule has 3 heterocycles. The van der Waals surface area contributed by atoms with Gasteiger partial charge < -0.3 is 5.32 Å². The van der Waals surface area contributed by atoms with Gasteiger partial charge in [0, 0.05) is 23.0 Å². The number of carbonyl (C=O) groups excluding carboxylic acids is 1. The van der Waals surface area contributed by atoms with Gasteiger partial charge >= 0.3 is 0 Å². The van der Waals surface area contributed by atoms with Crippen molar-refractivity contribution in [3.63, 3.8) is 0 Å². The van der Waals surface area contributed by atoms with Crippen molar-refractivity contribution in [1.29, 1.82) is 0 Å². The molecule has 0 aliphatic heterocycles. The van der Waals surface area contributed by atoms with Crippen molar-refractivity contribution >= 4 is 72.9 Å². The standard InChI is InChI=1S/C22H20IN5OS/c23-28(15-8-2-1-3-9-15)22-25-12-18-20(27-22)16(13-30-18)21(29)26-17-10-4-6-14-7-5-11-24-19(14)17/h4-7,10-13,15H,1-3,8-9H2,(H,26,29). The van der Waals surface area contributed by atoms with Crippen LogP contribution in [-0.2, 0) is 0 Å². The second-order valence-electron chi connectivity index (χ2n) is 7.47. The summed E-state index contributed by atoms with van der Waals surface area (Å²) in [4.78, 5) is 26.9. The van der Waals surface area contributed by atoms with Gasteiger partial charge in [0.25, 0.3) is 5.91 Å². The van der Waals surface area contributed by atoms with E-state index in [0.717, 1.165) is 28.4 Å². The van der Waals surface area contributed by atoms with E-state index in [2.05, 4.69) is 41.3 Å². The van der Waals surface area contributed by atoms with Crippen molar-refractivity contribution in [2.75, 3.05) is 8.43 Å². The second-order valence-corrected chi connectivity index (χ2v) is 9.42. The summed E-state index contributed by atoms with van der Waals surface area (Å²) in [5.41, 5.74) is 2.75. The van der Waals surface area contributed by atoms with E-state index in [4.69, 9.17) is 4.98 Å². The van der Waals surface area contributed by atoms with E-state index in [9.17, 15) is 4.79 Å². The van der Waals surface area contributed by atoms with Crippen molar-refractivity contribution in [1.82, 2.24) is 15.0 Å². The maximum absolute atomic E-state index is 13.1. The first-order valence-corrected chi connectivity index (χ1v) is 11.9. The highest BCUT2D eigenvalue weighted by atomic mass is 127. The van der Waals surface area contributed by atoms with Crippen molar-refractivity contribution in [3.05, 3.63) is 53.7 Å². The van der Waals surface area contributed by atoms with E-state index in [1.165, 1.54) is 30.6 Å². The van der Waals surface area contributed by atoms with E-state index >= 15 is 0 Å². The van der Waals surface area contributed by atoms with Gasteiger partial charge in [-0.15, -0.1) is 11.3 Å². The highest BCUT2D eigenvalue weighted by molar-refractivity contribution is 14.1. The molecule has 1 aliphatic carbocycles. The third-order valence-electron chi connectivity index (χ3n) is 5.51. The summed E-state index contributed by atoms with van der Waals surface area (Å²) in [7, 11) is 0. The van der Waals surface area contributed by atoms with Crippen molar-refractivity contribution < 1.29 is 4.79 Å². The monoisotopic (exact) mass is 529 g/mol. The first-order chi connectivity index (χ1) is 14.7. The van der Waals surface area contributed by atoms with Crippen LogP contribution in [0.5, 0.6) is 0 Å². The zero-order chi connectivity index (χ0) is 20.5. The minimum absolute atomic E-state index is 0.179. The number of halogens is 1. The highest BCUT2D eigenvalue weighted by Gasteiger charge is 2.23. The lowest BCUT2D eigenvalue weighted by molar-refractivity contribution is 0.102. The number of carbonyl (C=O) groups is 1. The van der Waals surface area contributed by atoms with Crippen LogP contribution in [0.25, 0.3) is 21.1 Å². The Labute approximate surface area is 192 Å². The highest BCUT2D eigenvalue weighted by Crippen LogP contribution is 2.31. The zero-order valence-corrected chi connectivity index (χ0v) is 19.2. The Morgan fingerprint density at radius 2 is 1.93 bits per heavy atom. The van der Waals surface area contributed by atoms with Crippen LogP contribution < -0.4 is 8.43 Å². The van der Waals surface area contributed by atoms with Gasteiger partial charge in [-0.1, -0.05) is 37.5 Å². The maximum Gasteiger partial charge on any atom is 0.258 e. The summed E-state index contributed by atoms with van der Waals surface area (Å²) in [6, 6.07) is 10.1. The van der Waals surface area contributed by atoms with Gasteiger partial charge in [-0.25, -0.2) is 9.97 Å². The van der Waals surface area contributed by atoms with E-state index < -0.39 is 0 Å². The SMILES string of the molecule is O=C(Nc1cccc2cccnc12)c1csc2cnc(N(I)C3CCCCC3)nc12. The molecule has 152 valence electrons. The second kappa shape index (κ2) is 8.43. The third kappa shape index (κ3) is 3.74. The van der Waals surface area contributed by atoms with E-state index in [-0.39, 0.29) is 5.91 Å². The van der Waals surface area contributed by atoms with Crippen LogP contribution in [0.3, 0.4) is 0 Å². The fraction of sp³-hybridized carbons (Fsp3) is 0.273. The normalized spacial score (nSPS) is 14.8. The minimum Gasteiger partial charge on any atom is -0.320 e. The van der Waals surface area contributed by atoms with E-state index in [1.54, 1.807) is 6.20 Å². The molecule has 8 heteroatoms. The number of hydrogen-bond acceptors (Lipinski definition) is 6. The largest absolute Gasteiger partial charge is 0.320 e. The van der Waals surface area contributed by atoms with Gasteiger partial charge in [0.1, 0.15) is 0 Å². The summed E-state index contributed by atoms with van der Waals surface area (Å²) in [5, 5.41) is 5.87. The number of anilines is 2. The number of nitrogens with zero attached hydrogens (tertiary/aromatic N) is 4. The lowest BCUT2D eigenvalue weighted by atomic mass is 9.96. The van der Waals surface area contributed by atoms with Crippen molar-refractivity contribution in [2.45, 2.75) is 38.1 Å². The molecule has 1 aromatic carbocycles. The number of pyridine rings is 1. The van der Waals surface area contributed by atoms with Crippen LogP contribution in [0.15, 0.2) is 48.1 Å². The molecule has 0 spiro atoms. The number of benzene rings is 1. The molecule has 5 rings (SSSR count). The number of rotatable bonds is 4. The summed E-state index contributed by atoms with van der Waals surface area (Å²) >= 11 is 3.81. The molecular formula is C22H20IN5OS. The number of nitrogens with one attached hydrogen (secondary N) is 1. The van der Waals surface area contributed by atoms with Crippen LogP contribution in [0.1, 0.15) is 42.5 Å². The molecule has 1 amide bonds. The quantitative estimate of drug-likeness (QED) is 0.260. The lowest BCUT2D eigenvalue weighted by Gasteiger charge is -2.29. The molecule has 1 N–H and O–H groups in total. The summed E-state index contributed by atoms with van der Waals surface area (Å²) in [6.07, 6.45) is 9.68. The predicted molar refractivity (Wildman–Crippen MR) is 130 cm³/mol. The van der Waals surface area contributed by atoms with Crippen molar-refractivity contribution in [3.8, 4) is 0 Å². The third-order valence-corrected chi connectivity index (χ3v) is 7.64. The Morgan fingerprint density at radius 1 is 1.10 bits per heavy atom. The fourth-order valence-corrected chi connectivity index (χ4v) is 5.58. The molecule has 0 unspecified atom stereocenters. The summed E-state index contributed by atoms with van der Waals surface area (Å²) in [6.45, 7) is 0. The Bertz CT molecular complexity index is 1220. The zero-order valence-electron chi connectivity index (χ0n) is 16.2. The van der Waals surface area contributed by atoms with Crippen LogP contribution in [0, 0.1) is 0 Å². The topological polar surface area (TPSA) is 71.0 Å². The first kappa shape index (κ1) is 19.6. The number of hydrogen-bond donors (Lipinski definition) is 1. The summed E-state index contributed by atoms with van der Waals surface area (Å²) < 4.78 is 3.05. The van der Waals surface area contributed by atoms with Gasteiger partial charge in [0.15, 0.2) is 0 Å². The number of aromatic nitrogens is 3. The maximum atomic E-state index is 13.1.